The molecule has 1 aromatic heterocycles. The number of amides is 1. The van der Waals surface area contributed by atoms with Crippen LogP contribution >= 0.6 is 0 Å². The SMILES string of the molecule is CCC(C)N(C(=O)c1cccnc1C)C(C)CC. The molecule has 1 heterocycles. The summed E-state index contributed by atoms with van der Waals surface area (Å²) in [6, 6.07) is 4.20. The van der Waals surface area contributed by atoms with Crippen molar-refractivity contribution in [2.24, 2.45) is 0 Å². The van der Waals surface area contributed by atoms with E-state index in [0.717, 1.165) is 24.1 Å². The second-order valence-electron chi connectivity index (χ2n) is 4.86. The van der Waals surface area contributed by atoms with E-state index in [2.05, 4.69) is 32.7 Å². The Bertz CT molecular complexity index is 393. The summed E-state index contributed by atoms with van der Waals surface area (Å²) in [5.74, 6) is 0.101. The molecule has 1 aromatic rings. The molecule has 0 N–H and O–H groups in total. The van der Waals surface area contributed by atoms with E-state index < -0.39 is 0 Å². The molecule has 3 heteroatoms. The lowest BCUT2D eigenvalue weighted by atomic mass is 10.1. The van der Waals surface area contributed by atoms with Crippen molar-refractivity contribution >= 4 is 5.91 Å². The fraction of sp³-hybridized carbons (Fsp3) is 0.600. The largest absolute Gasteiger partial charge is 0.333 e. The number of pyridine rings is 1. The van der Waals surface area contributed by atoms with Gasteiger partial charge in [0.2, 0.25) is 0 Å². The Balaban J connectivity index is 3.07. The summed E-state index contributed by atoms with van der Waals surface area (Å²) in [5, 5.41) is 0. The number of rotatable bonds is 5. The third-order valence-electron chi connectivity index (χ3n) is 3.60. The van der Waals surface area contributed by atoms with E-state index in [0.29, 0.717) is 0 Å². The minimum atomic E-state index is 0.101. The molecule has 100 valence electrons. The standard InChI is InChI=1S/C15H24N2O/c1-6-11(3)17(12(4)7-2)15(18)14-9-8-10-16-13(14)5/h8-12H,6-7H2,1-5H3. The molecule has 18 heavy (non-hydrogen) atoms. The van der Waals surface area contributed by atoms with E-state index in [1.807, 2.05) is 24.0 Å². The van der Waals surface area contributed by atoms with Gasteiger partial charge >= 0.3 is 0 Å². The van der Waals surface area contributed by atoms with Gasteiger partial charge in [-0.1, -0.05) is 13.8 Å². The molecule has 2 unspecified atom stereocenters. The maximum absolute atomic E-state index is 12.7. The van der Waals surface area contributed by atoms with Gasteiger partial charge in [-0.3, -0.25) is 9.78 Å². The van der Waals surface area contributed by atoms with Crippen molar-refractivity contribution in [2.45, 2.75) is 59.5 Å². The molecule has 1 amide bonds. The first kappa shape index (κ1) is 14.7. The molecule has 1 rings (SSSR count). The number of aromatic nitrogens is 1. The normalized spacial score (nSPS) is 14.1. The minimum Gasteiger partial charge on any atom is -0.333 e. The summed E-state index contributed by atoms with van der Waals surface area (Å²) in [7, 11) is 0. The van der Waals surface area contributed by atoms with Crippen molar-refractivity contribution in [1.82, 2.24) is 9.88 Å². The first-order valence-electron chi connectivity index (χ1n) is 6.77. The number of nitrogens with zero attached hydrogens (tertiary/aromatic N) is 2. The number of hydrogen-bond donors (Lipinski definition) is 0. The van der Waals surface area contributed by atoms with E-state index in [4.69, 9.17) is 0 Å². The average molecular weight is 248 g/mol. The molecule has 0 saturated carbocycles. The average Bonchev–Trinajstić information content (AvgIpc) is 2.38. The first-order valence-corrected chi connectivity index (χ1v) is 6.77. The molecule has 0 aliphatic heterocycles. The van der Waals surface area contributed by atoms with Gasteiger partial charge in [0.25, 0.3) is 5.91 Å². The van der Waals surface area contributed by atoms with Crippen LogP contribution in [0.5, 0.6) is 0 Å². The highest BCUT2D eigenvalue weighted by Gasteiger charge is 2.25. The van der Waals surface area contributed by atoms with Crippen molar-refractivity contribution in [3.8, 4) is 0 Å². The second-order valence-corrected chi connectivity index (χ2v) is 4.86. The molecule has 3 nitrogen and oxygen atoms in total. The third-order valence-corrected chi connectivity index (χ3v) is 3.60. The Morgan fingerprint density at radius 2 is 1.83 bits per heavy atom. The van der Waals surface area contributed by atoms with E-state index in [1.165, 1.54) is 0 Å². The molecule has 2 atom stereocenters. The summed E-state index contributed by atoms with van der Waals surface area (Å²) in [4.78, 5) is 18.8. The Kier molecular flexibility index (Phi) is 5.32. The molecular weight excluding hydrogens is 224 g/mol. The summed E-state index contributed by atoms with van der Waals surface area (Å²) in [6.07, 6.45) is 3.66. The van der Waals surface area contributed by atoms with E-state index in [9.17, 15) is 4.79 Å². The van der Waals surface area contributed by atoms with Gasteiger partial charge < -0.3 is 4.90 Å². The van der Waals surface area contributed by atoms with Gasteiger partial charge in [0.1, 0.15) is 0 Å². The lowest BCUT2D eigenvalue weighted by Gasteiger charge is -2.34. The van der Waals surface area contributed by atoms with Gasteiger partial charge in [-0.05, 0) is 45.7 Å². The van der Waals surface area contributed by atoms with Crippen molar-refractivity contribution in [2.75, 3.05) is 0 Å². The number of carbonyl (C=O) groups is 1. The van der Waals surface area contributed by atoms with Crippen LogP contribution in [0.3, 0.4) is 0 Å². The van der Waals surface area contributed by atoms with E-state index >= 15 is 0 Å². The Morgan fingerprint density at radius 3 is 2.28 bits per heavy atom. The predicted molar refractivity (Wildman–Crippen MR) is 74.6 cm³/mol. The van der Waals surface area contributed by atoms with E-state index in [-0.39, 0.29) is 18.0 Å². The zero-order valence-corrected chi connectivity index (χ0v) is 12.1. The Labute approximate surface area is 110 Å². The number of carbonyl (C=O) groups excluding carboxylic acids is 1. The van der Waals surface area contributed by atoms with Crippen molar-refractivity contribution in [3.05, 3.63) is 29.6 Å². The number of hydrogen-bond acceptors (Lipinski definition) is 2. The molecule has 0 bridgehead atoms. The number of aryl methyl sites for hydroxylation is 1. The van der Waals surface area contributed by atoms with Gasteiger partial charge in [0.15, 0.2) is 0 Å². The third kappa shape index (κ3) is 3.09. The van der Waals surface area contributed by atoms with Crippen LogP contribution in [-0.4, -0.2) is 27.9 Å². The molecule has 0 spiro atoms. The van der Waals surface area contributed by atoms with Crippen molar-refractivity contribution in [3.63, 3.8) is 0 Å². The van der Waals surface area contributed by atoms with Crippen molar-refractivity contribution < 1.29 is 4.79 Å². The highest BCUT2D eigenvalue weighted by molar-refractivity contribution is 5.95. The highest BCUT2D eigenvalue weighted by Crippen LogP contribution is 2.17. The van der Waals surface area contributed by atoms with Crippen LogP contribution in [0.2, 0.25) is 0 Å². The summed E-state index contributed by atoms with van der Waals surface area (Å²) in [5.41, 5.74) is 1.53. The fourth-order valence-corrected chi connectivity index (χ4v) is 2.08. The van der Waals surface area contributed by atoms with Crippen molar-refractivity contribution in [1.29, 1.82) is 0 Å². The molecule has 0 aliphatic rings. The summed E-state index contributed by atoms with van der Waals surface area (Å²) >= 11 is 0. The molecule has 0 aliphatic carbocycles. The molecular formula is C15H24N2O. The van der Waals surface area contributed by atoms with Crippen LogP contribution in [-0.2, 0) is 0 Å². The van der Waals surface area contributed by atoms with Gasteiger partial charge in [0, 0.05) is 24.0 Å². The smallest absolute Gasteiger partial charge is 0.256 e. The summed E-state index contributed by atoms with van der Waals surface area (Å²) < 4.78 is 0. The first-order chi connectivity index (χ1) is 8.52. The Hall–Kier alpha value is -1.38. The zero-order chi connectivity index (χ0) is 13.7. The van der Waals surface area contributed by atoms with Crippen LogP contribution in [0.25, 0.3) is 0 Å². The van der Waals surface area contributed by atoms with Crippen LogP contribution in [0.15, 0.2) is 18.3 Å². The molecule has 0 fully saturated rings. The maximum Gasteiger partial charge on any atom is 0.256 e. The van der Waals surface area contributed by atoms with E-state index in [1.54, 1.807) is 6.20 Å². The van der Waals surface area contributed by atoms with Crippen LogP contribution in [0.4, 0.5) is 0 Å². The lowest BCUT2D eigenvalue weighted by Crippen LogP contribution is -2.44. The van der Waals surface area contributed by atoms with Crippen LogP contribution < -0.4 is 0 Å². The fourth-order valence-electron chi connectivity index (χ4n) is 2.08. The monoisotopic (exact) mass is 248 g/mol. The predicted octanol–water partition coefficient (Wildman–Crippen LogP) is 3.43. The zero-order valence-electron chi connectivity index (χ0n) is 12.1. The van der Waals surface area contributed by atoms with Gasteiger partial charge in [0.05, 0.1) is 5.56 Å². The summed E-state index contributed by atoms with van der Waals surface area (Å²) in [6.45, 7) is 10.3. The van der Waals surface area contributed by atoms with Gasteiger partial charge in [-0.15, -0.1) is 0 Å². The quantitative estimate of drug-likeness (QED) is 0.800. The van der Waals surface area contributed by atoms with Crippen LogP contribution in [0, 0.1) is 6.92 Å². The topological polar surface area (TPSA) is 33.2 Å². The van der Waals surface area contributed by atoms with Crippen LogP contribution in [0.1, 0.15) is 56.6 Å². The molecule has 0 aromatic carbocycles. The maximum atomic E-state index is 12.7. The molecule has 0 radical (unpaired) electrons. The lowest BCUT2D eigenvalue weighted by molar-refractivity contribution is 0.0597. The highest BCUT2D eigenvalue weighted by atomic mass is 16.2. The van der Waals surface area contributed by atoms with Gasteiger partial charge in [-0.25, -0.2) is 0 Å². The second kappa shape index (κ2) is 6.53. The Morgan fingerprint density at radius 1 is 1.28 bits per heavy atom. The van der Waals surface area contributed by atoms with Gasteiger partial charge in [-0.2, -0.15) is 0 Å². The minimum absolute atomic E-state index is 0.101. The molecule has 0 saturated heterocycles.